The SMILES string of the molecule is CCOC(=O)c1ccccc1COc1c(C)c(-c2ccc(C)cc2)c([C@H](OC(C)(C)C)C(=O)OC)c(C)c1N. The number of esters is 2. The molecule has 0 aliphatic heterocycles. The van der Waals surface area contributed by atoms with E-state index in [4.69, 9.17) is 24.7 Å². The summed E-state index contributed by atoms with van der Waals surface area (Å²) in [6.07, 6.45) is -1.01. The van der Waals surface area contributed by atoms with Crippen molar-refractivity contribution in [1.29, 1.82) is 0 Å². The van der Waals surface area contributed by atoms with E-state index in [1.54, 1.807) is 19.1 Å². The van der Waals surface area contributed by atoms with Gasteiger partial charge >= 0.3 is 11.9 Å². The van der Waals surface area contributed by atoms with E-state index < -0.39 is 23.6 Å². The van der Waals surface area contributed by atoms with Gasteiger partial charge in [-0.05, 0) is 71.2 Å². The lowest BCUT2D eigenvalue weighted by molar-refractivity contribution is -0.164. The second-order valence-corrected chi connectivity index (χ2v) is 10.4. The third kappa shape index (κ3) is 6.79. The van der Waals surface area contributed by atoms with Crippen LogP contribution in [0.15, 0.2) is 48.5 Å². The van der Waals surface area contributed by atoms with Crippen LogP contribution in [0.2, 0.25) is 0 Å². The van der Waals surface area contributed by atoms with Crippen LogP contribution in [0.3, 0.4) is 0 Å². The van der Waals surface area contributed by atoms with E-state index in [2.05, 4.69) is 0 Å². The minimum Gasteiger partial charge on any atom is -0.486 e. The molecule has 0 saturated carbocycles. The molecule has 3 aromatic rings. The van der Waals surface area contributed by atoms with E-state index in [0.717, 1.165) is 22.3 Å². The van der Waals surface area contributed by atoms with E-state index in [0.29, 0.717) is 33.7 Å². The molecule has 0 heterocycles. The smallest absolute Gasteiger partial charge is 0.339 e. The number of carbonyl (C=O) groups excluding carboxylic acids is 2. The number of aryl methyl sites for hydroxylation is 1. The average molecular weight is 534 g/mol. The number of ether oxygens (including phenoxy) is 4. The molecule has 0 radical (unpaired) electrons. The van der Waals surface area contributed by atoms with Crippen LogP contribution >= 0.6 is 0 Å². The molecule has 0 unspecified atom stereocenters. The van der Waals surface area contributed by atoms with Crippen LogP contribution in [0.25, 0.3) is 11.1 Å². The van der Waals surface area contributed by atoms with Crippen molar-refractivity contribution in [2.45, 2.75) is 66.8 Å². The van der Waals surface area contributed by atoms with Gasteiger partial charge in [-0.2, -0.15) is 0 Å². The van der Waals surface area contributed by atoms with Crippen LogP contribution in [-0.4, -0.2) is 31.3 Å². The van der Waals surface area contributed by atoms with Crippen LogP contribution in [0.4, 0.5) is 5.69 Å². The molecule has 0 aromatic heterocycles. The Kier molecular flexibility index (Phi) is 9.41. The summed E-state index contributed by atoms with van der Waals surface area (Å²) in [5, 5.41) is 0. The quantitative estimate of drug-likeness (QED) is 0.243. The van der Waals surface area contributed by atoms with Crippen LogP contribution < -0.4 is 10.5 Å². The number of hydrogen-bond donors (Lipinski definition) is 1. The van der Waals surface area contributed by atoms with Gasteiger partial charge in [0.2, 0.25) is 0 Å². The summed E-state index contributed by atoms with van der Waals surface area (Å²) in [4.78, 5) is 25.6. The van der Waals surface area contributed by atoms with Crippen LogP contribution in [0.5, 0.6) is 5.75 Å². The average Bonchev–Trinajstić information content (AvgIpc) is 2.89. The fourth-order valence-electron chi connectivity index (χ4n) is 4.52. The van der Waals surface area contributed by atoms with Gasteiger partial charge in [-0.3, -0.25) is 0 Å². The van der Waals surface area contributed by atoms with E-state index >= 15 is 0 Å². The fourth-order valence-corrected chi connectivity index (χ4v) is 4.52. The van der Waals surface area contributed by atoms with Gasteiger partial charge in [0, 0.05) is 16.7 Å². The highest BCUT2D eigenvalue weighted by molar-refractivity contribution is 5.91. The second-order valence-electron chi connectivity index (χ2n) is 10.4. The molecule has 2 N–H and O–H groups in total. The Morgan fingerprint density at radius 1 is 0.949 bits per heavy atom. The Morgan fingerprint density at radius 3 is 2.18 bits per heavy atom. The van der Waals surface area contributed by atoms with Crippen molar-refractivity contribution in [3.63, 3.8) is 0 Å². The van der Waals surface area contributed by atoms with Gasteiger partial charge in [0.05, 0.1) is 30.6 Å². The first kappa shape index (κ1) is 29.7. The lowest BCUT2D eigenvalue weighted by Crippen LogP contribution is -2.29. The van der Waals surface area contributed by atoms with Crippen molar-refractivity contribution in [2.75, 3.05) is 19.5 Å². The third-order valence-electron chi connectivity index (χ3n) is 6.41. The molecule has 7 heteroatoms. The highest BCUT2D eigenvalue weighted by Crippen LogP contribution is 2.45. The number of anilines is 1. The van der Waals surface area contributed by atoms with Gasteiger partial charge in [0.25, 0.3) is 0 Å². The zero-order valence-electron chi connectivity index (χ0n) is 24.1. The maximum atomic E-state index is 13.1. The minimum absolute atomic E-state index is 0.102. The number of methoxy groups -OCH3 is 1. The molecule has 0 aliphatic carbocycles. The highest BCUT2D eigenvalue weighted by Gasteiger charge is 2.34. The van der Waals surface area contributed by atoms with Crippen molar-refractivity contribution in [1.82, 2.24) is 0 Å². The number of benzene rings is 3. The summed E-state index contributed by atoms with van der Waals surface area (Å²) in [6.45, 7) is 13.6. The first-order chi connectivity index (χ1) is 18.4. The standard InChI is InChI=1S/C32H39NO6/c1-9-37-30(34)24-13-11-10-12-23(24)18-38-28-21(4)25(22-16-14-19(2)15-17-22)26(20(3)27(28)33)29(31(35)36-8)39-32(5,6)7/h10-17,29H,9,18,33H2,1-8H3/t29-/m0/s1. The molecule has 0 bridgehead atoms. The zero-order chi connectivity index (χ0) is 28.9. The number of nitrogens with two attached hydrogens (primary N) is 1. The molecular formula is C32H39NO6. The van der Waals surface area contributed by atoms with Crippen LogP contribution in [0.1, 0.15) is 72.0 Å². The van der Waals surface area contributed by atoms with Crippen molar-refractivity contribution in [3.8, 4) is 16.9 Å². The summed E-state index contributed by atoms with van der Waals surface area (Å²) in [5.74, 6) is -0.449. The largest absolute Gasteiger partial charge is 0.486 e. The molecular weight excluding hydrogens is 494 g/mol. The fraction of sp³-hybridized carbons (Fsp3) is 0.375. The number of rotatable bonds is 9. The van der Waals surface area contributed by atoms with Crippen molar-refractivity contribution < 1.29 is 28.5 Å². The van der Waals surface area contributed by atoms with E-state index in [1.807, 2.05) is 77.9 Å². The molecule has 0 fully saturated rings. The lowest BCUT2D eigenvalue weighted by Gasteiger charge is -2.31. The topological polar surface area (TPSA) is 97.1 Å². The van der Waals surface area contributed by atoms with Gasteiger partial charge in [0.1, 0.15) is 12.4 Å². The van der Waals surface area contributed by atoms with E-state index in [9.17, 15) is 9.59 Å². The molecule has 0 aliphatic rings. The van der Waals surface area contributed by atoms with Gasteiger partial charge in [0.15, 0.2) is 6.10 Å². The maximum absolute atomic E-state index is 13.1. The summed E-state index contributed by atoms with van der Waals surface area (Å²) in [7, 11) is 1.34. The van der Waals surface area contributed by atoms with Gasteiger partial charge < -0.3 is 24.7 Å². The van der Waals surface area contributed by atoms with Crippen molar-refractivity contribution in [2.24, 2.45) is 0 Å². The lowest BCUT2D eigenvalue weighted by atomic mass is 9.86. The Labute approximate surface area is 231 Å². The first-order valence-electron chi connectivity index (χ1n) is 13.0. The minimum atomic E-state index is -1.01. The predicted molar refractivity (Wildman–Crippen MR) is 153 cm³/mol. The normalized spacial score (nSPS) is 12.1. The molecule has 1 atom stereocenters. The molecule has 208 valence electrons. The zero-order valence-corrected chi connectivity index (χ0v) is 24.1. The molecule has 0 spiro atoms. The van der Waals surface area contributed by atoms with E-state index in [1.165, 1.54) is 7.11 Å². The predicted octanol–water partition coefficient (Wildman–Crippen LogP) is 6.65. The molecule has 7 nitrogen and oxygen atoms in total. The van der Waals surface area contributed by atoms with Crippen LogP contribution in [-0.2, 0) is 25.6 Å². The summed E-state index contributed by atoms with van der Waals surface area (Å²) < 4.78 is 23.0. The summed E-state index contributed by atoms with van der Waals surface area (Å²) >= 11 is 0. The molecule has 3 rings (SSSR count). The highest BCUT2D eigenvalue weighted by atomic mass is 16.6. The molecule has 3 aromatic carbocycles. The first-order valence-corrected chi connectivity index (χ1v) is 13.0. The van der Waals surface area contributed by atoms with Gasteiger partial charge in [-0.1, -0.05) is 48.0 Å². The monoisotopic (exact) mass is 533 g/mol. The maximum Gasteiger partial charge on any atom is 0.339 e. The number of carbonyl (C=O) groups is 2. The molecule has 0 saturated heterocycles. The van der Waals surface area contributed by atoms with Gasteiger partial charge in [-0.15, -0.1) is 0 Å². The third-order valence-corrected chi connectivity index (χ3v) is 6.41. The Hall–Kier alpha value is -3.84. The number of hydrogen-bond acceptors (Lipinski definition) is 7. The molecule has 39 heavy (non-hydrogen) atoms. The van der Waals surface area contributed by atoms with E-state index in [-0.39, 0.29) is 13.2 Å². The Bertz CT molecular complexity index is 1340. The van der Waals surface area contributed by atoms with Crippen molar-refractivity contribution in [3.05, 3.63) is 81.9 Å². The number of nitrogen functional groups attached to an aromatic ring is 1. The Morgan fingerprint density at radius 2 is 1.59 bits per heavy atom. The summed E-state index contributed by atoms with van der Waals surface area (Å²) in [5.41, 5.74) is 12.4. The van der Waals surface area contributed by atoms with Crippen LogP contribution in [0, 0.1) is 20.8 Å². The summed E-state index contributed by atoms with van der Waals surface area (Å²) in [6, 6.07) is 15.2. The van der Waals surface area contributed by atoms with Crippen molar-refractivity contribution >= 4 is 17.6 Å². The van der Waals surface area contributed by atoms with Gasteiger partial charge in [-0.25, -0.2) is 9.59 Å². The Balaban J connectivity index is 2.21. The molecule has 0 amide bonds. The second kappa shape index (κ2) is 12.3.